The summed E-state index contributed by atoms with van der Waals surface area (Å²) in [4.78, 5) is 11.4. The fraction of sp³-hybridized carbons (Fsp3) is 0.364. The van der Waals surface area contributed by atoms with E-state index in [1.807, 2.05) is 0 Å². The van der Waals surface area contributed by atoms with Crippen LogP contribution in [0.25, 0.3) is 0 Å². The van der Waals surface area contributed by atoms with E-state index in [9.17, 15) is 4.79 Å². The molecule has 0 saturated heterocycles. The molecule has 0 heterocycles. The first-order valence-corrected chi connectivity index (χ1v) is 5.56. The first kappa shape index (κ1) is 13.0. The normalized spacial score (nSPS) is 9.94. The molecule has 1 aromatic carbocycles. The summed E-state index contributed by atoms with van der Waals surface area (Å²) in [5.74, 6) is 0.274. The van der Waals surface area contributed by atoms with Crippen molar-refractivity contribution < 1.29 is 19.0 Å². The maximum Gasteiger partial charge on any atom is 0.338 e. The lowest BCUT2D eigenvalue weighted by molar-refractivity contribution is 0.0503. The maximum absolute atomic E-state index is 11.4. The molecule has 0 atom stereocenters. The Balaban J connectivity index is 2.78. The molecule has 1 rings (SSSR count). The van der Waals surface area contributed by atoms with Crippen LogP contribution in [0, 0.1) is 0 Å². The molecule has 0 aliphatic rings. The summed E-state index contributed by atoms with van der Waals surface area (Å²) in [5.41, 5.74) is 0.485. The van der Waals surface area contributed by atoms with Crippen LogP contribution in [0.3, 0.4) is 0 Å². The SMILES string of the molecule is CCOC(=O)c1ccc(OCOC)c(Br)c1. The van der Waals surface area contributed by atoms with Crippen molar-refractivity contribution in [1.29, 1.82) is 0 Å². The van der Waals surface area contributed by atoms with Crippen LogP contribution in [0.1, 0.15) is 17.3 Å². The van der Waals surface area contributed by atoms with Crippen molar-refractivity contribution in [2.24, 2.45) is 0 Å². The fourth-order valence-corrected chi connectivity index (χ4v) is 1.57. The van der Waals surface area contributed by atoms with Gasteiger partial charge in [-0.3, -0.25) is 0 Å². The molecule has 88 valence electrons. The van der Waals surface area contributed by atoms with Crippen LogP contribution >= 0.6 is 15.9 Å². The molecule has 0 bridgehead atoms. The first-order chi connectivity index (χ1) is 7.69. The van der Waals surface area contributed by atoms with E-state index in [2.05, 4.69) is 15.9 Å². The molecule has 16 heavy (non-hydrogen) atoms. The molecule has 0 aliphatic heterocycles. The molecule has 0 saturated carbocycles. The van der Waals surface area contributed by atoms with Crippen molar-refractivity contribution in [1.82, 2.24) is 0 Å². The Morgan fingerprint density at radius 2 is 2.19 bits per heavy atom. The van der Waals surface area contributed by atoms with Gasteiger partial charge in [-0.25, -0.2) is 4.79 Å². The van der Waals surface area contributed by atoms with Crippen LogP contribution < -0.4 is 4.74 Å². The Morgan fingerprint density at radius 3 is 2.75 bits per heavy atom. The average molecular weight is 289 g/mol. The summed E-state index contributed by atoms with van der Waals surface area (Å²) in [6.07, 6.45) is 0. The van der Waals surface area contributed by atoms with E-state index < -0.39 is 0 Å². The van der Waals surface area contributed by atoms with E-state index in [0.29, 0.717) is 22.4 Å². The van der Waals surface area contributed by atoms with Crippen molar-refractivity contribution in [3.05, 3.63) is 28.2 Å². The van der Waals surface area contributed by atoms with Crippen molar-refractivity contribution in [3.8, 4) is 5.75 Å². The standard InChI is InChI=1S/C11H13BrO4/c1-3-15-11(13)8-4-5-10(9(12)6-8)16-7-14-2/h4-6H,3,7H2,1-2H3. The third-order valence-corrected chi connectivity index (χ3v) is 2.40. The highest BCUT2D eigenvalue weighted by Crippen LogP contribution is 2.26. The summed E-state index contributed by atoms with van der Waals surface area (Å²) < 4.78 is 15.6. The Bertz CT molecular complexity index is 365. The molecule has 0 aromatic heterocycles. The van der Waals surface area contributed by atoms with Gasteiger partial charge in [-0.1, -0.05) is 0 Å². The quantitative estimate of drug-likeness (QED) is 0.617. The summed E-state index contributed by atoms with van der Waals surface area (Å²) in [6.45, 7) is 2.29. The highest BCUT2D eigenvalue weighted by molar-refractivity contribution is 9.10. The summed E-state index contributed by atoms with van der Waals surface area (Å²) in [5, 5.41) is 0. The molecular weight excluding hydrogens is 276 g/mol. The zero-order chi connectivity index (χ0) is 12.0. The lowest BCUT2D eigenvalue weighted by atomic mass is 10.2. The molecule has 0 unspecified atom stereocenters. The van der Waals surface area contributed by atoms with Gasteiger partial charge in [0.1, 0.15) is 5.75 Å². The van der Waals surface area contributed by atoms with E-state index in [1.54, 1.807) is 32.2 Å². The summed E-state index contributed by atoms with van der Waals surface area (Å²) in [7, 11) is 1.54. The van der Waals surface area contributed by atoms with E-state index in [4.69, 9.17) is 14.2 Å². The molecule has 1 aromatic rings. The topological polar surface area (TPSA) is 44.8 Å². The number of benzene rings is 1. The minimum absolute atomic E-state index is 0.164. The van der Waals surface area contributed by atoms with Gasteiger partial charge >= 0.3 is 5.97 Å². The number of hydrogen-bond donors (Lipinski definition) is 0. The van der Waals surface area contributed by atoms with Gasteiger partial charge in [0, 0.05) is 7.11 Å². The van der Waals surface area contributed by atoms with Crippen LogP contribution in [0.15, 0.2) is 22.7 Å². The van der Waals surface area contributed by atoms with E-state index >= 15 is 0 Å². The number of halogens is 1. The lowest BCUT2D eigenvalue weighted by Crippen LogP contribution is -2.05. The predicted octanol–water partition coefficient (Wildman–Crippen LogP) is 2.61. The van der Waals surface area contributed by atoms with Crippen LogP contribution in [0.5, 0.6) is 5.75 Å². The van der Waals surface area contributed by atoms with Gasteiger partial charge in [-0.15, -0.1) is 0 Å². The second-order valence-corrected chi connectivity index (χ2v) is 3.77. The molecule has 0 radical (unpaired) electrons. The predicted molar refractivity (Wildman–Crippen MR) is 62.6 cm³/mol. The maximum atomic E-state index is 11.4. The van der Waals surface area contributed by atoms with E-state index in [0.717, 1.165) is 0 Å². The Hall–Kier alpha value is -1.07. The highest BCUT2D eigenvalue weighted by atomic mass is 79.9. The van der Waals surface area contributed by atoms with Crippen molar-refractivity contribution in [2.45, 2.75) is 6.92 Å². The molecule has 5 heteroatoms. The zero-order valence-corrected chi connectivity index (χ0v) is 10.7. The Morgan fingerprint density at radius 1 is 1.44 bits per heavy atom. The van der Waals surface area contributed by atoms with Gasteiger partial charge in [0.2, 0.25) is 0 Å². The van der Waals surface area contributed by atoms with Gasteiger partial charge in [0.15, 0.2) is 6.79 Å². The van der Waals surface area contributed by atoms with Crippen molar-refractivity contribution >= 4 is 21.9 Å². The number of ether oxygens (including phenoxy) is 3. The molecule has 0 fully saturated rings. The minimum Gasteiger partial charge on any atom is -0.466 e. The number of carbonyl (C=O) groups excluding carboxylic acids is 1. The van der Waals surface area contributed by atoms with Gasteiger partial charge in [0.25, 0.3) is 0 Å². The summed E-state index contributed by atoms with van der Waals surface area (Å²) >= 11 is 3.31. The molecule has 0 aliphatic carbocycles. The van der Waals surface area contributed by atoms with Gasteiger partial charge in [-0.2, -0.15) is 0 Å². The van der Waals surface area contributed by atoms with Crippen LogP contribution in [-0.4, -0.2) is 26.5 Å². The second-order valence-electron chi connectivity index (χ2n) is 2.92. The fourth-order valence-electron chi connectivity index (χ4n) is 1.08. The Kier molecular flexibility index (Phi) is 5.28. The van der Waals surface area contributed by atoms with E-state index in [-0.39, 0.29) is 12.8 Å². The number of hydrogen-bond acceptors (Lipinski definition) is 4. The third kappa shape index (κ3) is 3.50. The smallest absolute Gasteiger partial charge is 0.338 e. The van der Waals surface area contributed by atoms with Crippen LogP contribution in [-0.2, 0) is 9.47 Å². The minimum atomic E-state index is -0.346. The lowest BCUT2D eigenvalue weighted by Gasteiger charge is -2.08. The molecule has 0 amide bonds. The second kappa shape index (κ2) is 6.50. The molecule has 4 nitrogen and oxygen atoms in total. The zero-order valence-electron chi connectivity index (χ0n) is 9.16. The monoisotopic (exact) mass is 288 g/mol. The average Bonchev–Trinajstić information content (AvgIpc) is 2.27. The highest BCUT2D eigenvalue weighted by Gasteiger charge is 2.09. The van der Waals surface area contributed by atoms with Crippen molar-refractivity contribution in [3.63, 3.8) is 0 Å². The first-order valence-electron chi connectivity index (χ1n) is 4.77. The van der Waals surface area contributed by atoms with Crippen LogP contribution in [0.2, 0.25) is 0 Å². The van der Waals surface area contributed by atoms with Gasteiger partial charge < -0.3 is 14.2 Å². The molecular formula is C11H13BrO4. The third-order valence-electron chi connectivity index (χ3n) is 1.78. The van der Waals surface area contributed by atoms with Gasteiger partial charge in [0.05, 0.1) is 16.6 Å². The van der Waals surface area contributed by atoms with Crippen LogP contribution in [0.4, 0.5) is 0 Å². The number of rotatable bonds is 5. The molecule has 0 spiro atoms. The number of methoxy groups -OCH3 is 1. The number of esters is 1. The Labute approximate surface area is 103 Å². The number of carbonyl (C=O) groups is 1. The summed E-state index contributed by atoms with van der Waals surface area (Å²) in [6, 6.07) is 4.99. The molecule has 0 N–H and O–H groups in total. The van der Waals surface area contributed by atoms with Crippen molar-refractivity contribution in [2.75, 3.05) is 20.5 Å². The van der Waals surface area contributed by atoms with E-state index in [1.165, 1.54) is 0 Å². The van der Waals surface area contributed by atoms with Gasteiger partial charge in [-0.05, 0) is 41.1 Å². The largest absolute Gasteiger partial charge is 0.466 e.